The summed E-state index contributed by atoms with van der Waals surface area (Å²) >= 11 is 0. The van der Waals surface area contributed by atoms with Crippen LogP contribution in [0.3, 0.4) is 0 Å². The first kappa shape index (κ1) is 22.2. The Hall–Kier alpha value is -1.96. The summed E-state index contributed by atoms with van der Waals surface area (Å²) in [5.41, 5.74) is 1.27. The van der Waals surface area contributed by atoms with Crippen molar-refractivity contribution in [1.82, 2.24) is 19.6 Å². The van der Waals surface area contributed by atoms with E-state index in [0.29, 0.717) is 52.5 Å². The van der Waals surface area contributed by atoms with Crippen molar-refractivity contribution in [2.75, 3.05) is 72.1 Å². The first-order valence-electron chi connectivity index (χ1n) is 11.7. The number of rotatable bonds is 8. The maximum atomic E-state index is 13.1. The second-order valence-corrected chi connectivity index (χ2v) is 9.11. The Labute approximate surface area is 185 Å². The summed E-state index contributed by atoms with van der Waals surface area (Å²) in [4.78, 5) is 34.0. The lowest BCUT2D eigenvalue weighted by molar-refractivity contribution is -0.138. The Morgan fingerprint density at radius 3 is 2.26 bits per heavy atom. The fourth-order valence-corrected chi connectivity index (χ4v) is 4.47. The van der Waals surface area contributed by atoms with E-state index in [1.165, 1.54) is 18.4 Å². The maximum absolute atomic E-state index is 13.1. The molecule has 7 nitrogen and oxygen atoms in total. The second-order valence-electron chi connectivity index (χ2n) is 9.11. The minimum atomic E-state index is 0.176. The smallest absolute Gasteiger partial charge is 0.236 e. The minimum Gasteiger partial charge on any atom is -0.378 e. The van der Waals surface area contributed by atoms with E-state index in [9.17, 15) is 9.59 Å². The highest BCUT2D eigenvalue weighted by Crippen LogP contribution is 2.32. The summed E-state index contributed by atoms with van der Waals surface area (Å²) in [5, 5.41) is 0. The van der Waals surface area contributed by atoms with Gasteiger partial charge in [-0.05, 0) is 31.2 Å². The third-order valence-corrected chi connectivity index (χ3v) is 6.81. The van der Waals surface area contributed by atoms with Gasteiger partial charge in [0, 0.05) is 51.9 Å². The molecule has 0 aromatic heterocycles. The fraction of sp³-hybridized carbons (Fsp3) is 0.667. The molecule has 170 valence electrons. The number of carbonyl (C=O) groups is 2. The summed E-state index contributed by atoms with van der Waals surface area (Å²) in [5.74, 6) is 1.12. The molecule has 3 aliphatic rings. The van der Waals surface area contributed by atoms with Crippen molar-refractivity contribution in [3.8, 4) is 0 Å². The van der Waals surface area contributed by atoms with Crippen LogP contribution in [0.1, 0.15) is 31.4 Å². The van der Waals surface area contributed by atoms with Crippen LogP contribution in [-0.4, -0.2) is 104 Å². The van der Waals surface area contributed by atoms with Gasteiger partial charge in [-0.3, -0.25) is 19.4 Å². The monoisotopic (exact) mass is 428 g/mol. The maximum Gasteiger partial charge on any atom is 0.236 e. The summed E-state index contributed by atoms with van der Waals surface area (Å²) < 4.78 is 5.33. The Morgan fingerprint density at radius 1 is 0.968 bits per heavy atom. The molecule has 2 heterocycles. The number of nitrogens with zero attached hydrogens (tertiary/aromatic N) is 4. The lowest BCUT2D eigenvalue weighted by atomic mass is 10.1. The minimum absolute atomic E-state index is 0.176. The van der Waals surface area contributed by atoms with E-state index < -0.39 is 0 Å². The Morgan fingerprint density at radius 2 is 1.61 bits per heavy atom. The van der Waals surface area contributed by atoms with E-state index in [-0.39, 0.29) is 17.9 Å². The number of piperazine rings is 1. The van der Waals surface area contributed by atoms with Gasteiger partial charge in [-0.15, -0.1) is 0 Å². The molecule has 7 heteroatoms. The Balaban J connectivity index is 1.26. The van der Waals surface area contributed by atoms with Gasteiger partial charge in [-0.25, -0.2) is 0 Å². The van der Waals surface area contributed by atoms with Crippen molar-refractivity contribution >= 4 is 11.8 Å². The molecule has 1 saturated carbocycles. The highest BCUT2D eigenvalue weighted by atomic mass is 16.5. The summed E-state index contributed by atoms with van der Waals surface area (Å²) in [6.07, 6.45) is 2.56. The zero-order chi connectivity index (χ0) is 21.6. The van der Waals surface area contributed by atoms with Crippen molar-refractivity contribution in [2.45, 2.75) is 25.8 Å². The number of carbonyl (C=O) groups excluding carboxylic acids is 2. The summed E-state index contributed by atoms with van der Waals surface area (Å²) in [6.45, 7) is 9.69. The molecular formula is C24H36N4O3. The fourth-order valence-electron chi connectivity index (χ4n) is 4.47. The van der Waals surface area contributed by atoms with E-state index in [1.54, 1.807) is 0 Å². The van der Waals surface area contributed by atoms with Gasteiger partial charge >= 0.3 is 0 Å². The number of amides is 2. The molecule has 1 aromatic rings. The van der Waals surface area contributed by atoms with Crippen LogP contribution >= 0.6 is 0 Å². The van der Waals surface area contributed by atoms with Crippen LogP contribution in [0.2, 0.25) is 0 Å². The van der Waals surface area contributed by atoms with E-state index in [4.69, 9.17) is 4.74 Å². The van der Waals surface area contributed by atoms with Crippen LogP contribution in [0, 0.1) is 5.92 Å². The average molecular weight is 429 g/mol. The highest BCUT2D eigenvalue weighted by Gasteiger charge is 2.31. The van der Waals surface area contributed by atoms with Crippen LogP contribution in [0.5, 0.6) is 0 Å². The highest BCUT2D eigenvalue weighted by molar-refractivity contribution is 5.79. The largest absolute Gasteiger partial charge is 0.378 e. The van der Waals surface area contributed by atoms with Gasteiger partial charge in [0.05, 0.1) is 26.3 Å². The van der Waals surface area contributed by atoms with Crippen LogP contribution in [0.4, 0.5) is 0 Å². The van der Waals surface area contributed by atoms with Crippen LogP contribution in [0.25, 0.3) is 0 Å². The number of benzene rings is 1. The topological polar surface area (TPSA) is 56.3 Å². The first-order valence-corrected chi connectivity index (χ1v) is 11.7. The van der Waals surface area contributed by atoms with Gasteiger partial charge in [-0.2, -0.15) is 0 Å². The quantitative estimate of drug-likeness (QED) is 0.628. The predicted molar refractivity (Wildman–Crippen MR) is 120 cm³/mol. The van der Waals surface area contributed by atoms with Crippen LogP contribution in [-0.2, 0) is 14.3 Å². The van der Waals surface area contributed by atoms with E-state index in [0.717, 1.165) is 25.6 Å². The third-order valence-electron chi connectivity index (χ3n) is 6.81. The molecule has 4 rings (SSSR count). The molecule has 1 aromatic carbocycles. The molecule has 0 radical (unpaired) electrons. The normalized spacial score (nSPS) is 21.4. The summed E-state index contributed by atoms with van der Waals surface area (Å²) in [6, 6.07) is 10.7. The van der Waals surface area contributed by atoms with Crippen LogP contribution < -0.4 is 0 Å². The van der Waals surface area contributed by atoms with Gasteiger partial charge in [0.1, 0.15) is 0 Å². The number of ether oxygens (including phenoxy) is 1. The molecule has 0 N–H and O–H groups in total. The van der Waals surface area contributed by atoms with Gasteiger partial charge in [-0.1, -0.05) is 30.3 Å². The van der Waals surface area contributed by atoms with Gasteiger partial charge in [0.2, 0.25) is 11.8 Å². The lowest BCUT2D eigenvalue weighted by Gasteiger charge is -2.37. The van der Waals surface area contributed by atoms with Crippen molar-refractivity contribution in [2.24, 2.45) is 5.92 Å². The van der Waals surface area contributed by atoms with E-state index in [2.05, 4.69) is 41.0 Å². The number of hydrogen-bond donors (Lipinski definition) is 0. The van der Waals surface area contributed by atoms with Crippen molar-refractivity contribution < 1.29 is 14.3 Å². The molecule has 1 aliphatic carbocycles. The molecule has 0 bridgehead atoms. The molecule has 3 fully saturated rings. The summed E-state index contributed by atoms with van der Waals surface area (Å²) in [7, 11) is 0. The van der Waals surface area contributed by atoms with E-state index in [1.807, 2.05) is 15.9 Å². The molecule has 2 saturated heterocycles. The number of morpholine rings is 1. The van der Waals surface area contributed by atoms with Gasteiger partial charge in [0.25, 0.3) is 0 Å². The molecule has 31 heavy (non-hydrogen) atoms. The van der Waals surface area contributed by atoms with Crippen molar-refractivity contribution in [3.05, 3.63) is 35.9 Å². The van der Waals surface area contributed by atoms with Gasteiger partial charge < -0.3 is 14.5 Å². The third kappa shape index (κ3) is 6.28. The lowest BCUT2D eigenvalue weighted by Crippen LogP contribution is -2.54. The molecular weight excluding hydrogens is 392 g/mol. The SMILES string of the molecule is CC(c1ccccc1)N(CC(=O)N1CCN(CC(=O)N2CCOCC2)CC1)CC1CC1. The number of hydrogen-bond acceptors (Lipinski definition) is 5. The zero-order valence-electron chi connectivity index (χ0n) is 18.7. The molecule has 1 atom stereocenters. The average Bonchev–Trinajstić information content (AvgIpc) is 3.64. The zero-order valence-corrected chi connectivity index (χ0v) is 18.7. The Bertz CT molecular complexity index is 726. The molecule has 2 aliphatic heterocycles. The van der Waals surface area contributed by atoms with E-state index >= 15 is 0 Å². The van der Waals surface area contributed by atoms with Crippen molar-refractivity contribution in [1.29, 1.82) is 0 Å². The second kappa shape index (κ2) is 10.6. The van der Waals surface area contributed by atoms with Crippen LogP contribution in [0.15, 0.2) is 30.3 Å². The standard InChI is InChI=1S/C24H36N4O3/c1-20(22-5-3-2-4-6-22)28(17-21-7-8-21)19-24(30)26-11-9-25(10-12-26)18-23(29)27-13-15-31-16-14-27/h2-6,20-21H,7-19H2,1H3. The molecule has 0 spiro atoms. The van der Waals surface area contributed by atoms with Gasteiger partial charge in [0.15, 0.2) is 0 Å². The molecule has 2 amide bonds. The predicted octanol–water partition coefficient (Wildman–Crippen LogP) is 1.46. The first-order chi connectivity index (χ1) is 15.1. The Kier molecular flexibility index (Phi) is 7.58. The van der Waals surface area contributed by atoms with Crippen molar-refractivity contribution in [3.63, 3.8) is 0 Å². The molecule has 1 unspecified atom stereocenters.